The first-order valence-electron chi connectivity index (χ1n) is 7.59. The molecular formula is C16H24BrClN2O. The Morgan fingerprint density at radius 1 is 1.43 bits per heavy atom. The van der Waals surface area contributed by atoms with Crippen LogP contribution in [0.25, 0.3) is 0 Å². The van der Waals surface area contributed by atoms with Crippen molar-refractivity contribution in [2.75, 3.05) is 13.2 Å². The zero-order chi connectivity index (χ0) is 14.1. The van der Waals surface area contributed by atoms with Gasteiger partial charge in [-0.3, -0.25) is 4.90 Å². The Balaban J connectivity index is 0.00000161. The fraction of sp³-hybridized carbons (Fsp3) is 0.625. The van der Waals surface area contributed by atoms with Crippen molar-refractivity contribution < 1.29 is 4.74 Å². The molecule has 0 amide bonds. The number of fused-ring (bicyclic) bond motifs is 1. The standard InChI is InChI=1S/C16H23BrN2O.ClH/c1-11(18)15-4-2-3-6-19(15)10-13-9-14(17)8-12-5-7-20-16(12)13;/h8-9,11,15H,2-7,10,18H2,1H3;1H. The van der Waals surface area contributed by atoms with Crippen molar-refractivity contribution in [3.8, 4) is 5.75 Å². The van der Waals surface area contributed by atoms with Gasteiger partial charge in [0.25, 0.3) is 0 Å². The summed E-state index contributed by atoms with van der Waals surface area (Å²) in [6.07, 6.45) is 4.82. The molecule has 1 aromatic rings. The van der Waals surface area contributed by atoms with Gasteiger partial charge in [0.05, 0.1) is 6.61 Å². The Morgan fingerprint density at radius 2 is 2.24 bits per heavy atom. The molecule has 1 fully saturated rings. The topological polar surface area (TPSA) is 38.5 Å². The van der Waals surface area contributed by atoms with E-state index in [1.165, 1.54) is 30.4 Å². The Morgan fingerprint density at radius 3 is 3.00 bits per heavy atom. The van der Waals surface area contributed by atoms with E-state index in [4.69, 9.17) is 10.5 Å². The Labute approximate surface area is 141 Å². The van der Waals surface area contributed by atoms with Crippen molar-refractivity contribution in [1.82, 2.24) is 4.90 Å². The number of ether oxygens (including phenoxy) is 1. The van der Waals surface area contributed by atoms with Crippen molar-refractivity contribution in [2.24, 2.45) is 5.73 Å². The minimum Gasteiger partial charge on any atom is -0.493 e. The van der Waals surface area contributed by atoms with E-state index in [9.17, 15) is 0 Å². The zero-order valence-corrected chi connectivity index (χ0v) is 14.9. The van der Waals surface area contributed by atoms with Crippen molar-refractivity contribution in [1.29, 1.82) is 0 Å². The molecule has 0 aromatic heterocycles. The van der Waals surface area contributed by atoms with Crippen LogP contribution in [0.3, 0.4) is 0 Å². The van der Waals surface area contributed by atoms with E-state index in [1.807, 2.05) is 0 Å². The average Bonchev–Trinajstić information content (AvgIpc) is 2.87. The van der Waals surface area contributed by atoms with E-state index < -0.39 is 0 Å². The average molecular weight is 376 g/mol. The molecule has 5 heteroatoms. The maximum absolute atomic E-state index is 6.17. The first-order chi connectivity index (χ1) is 9.65. The monoisotopic (exact) mass is 374 g/mol. The third-order valence-electron chi connectivity index (χ3n) is 4.47. The number of piperidine rings is 1. The van der Waals surface area contributed by atoms with Gasteiger partial charge in [-0.1, -0.05) is 22.4 Å². The third kappa shape index (κ3) is 3.73. The molecule has 0 spiro atoms. The molecule has 0 radical (unpaired) electrons. The van der Waals surface area contributed by atoms with Crippen LogP contribution < -0.4 is 10.5 Å². The van der Waals surface area contributed by atoms with Crippen molar-refractivity contribution in [2.45, 2.75) is 51.2 Å². The van der Waals surface area contributed by atoms with Crippen LogP contribution >= 0.6 is 28.3 Å². The van der Waals surface area contributed by atoms with Crippen LogP contribution in [0.15, 0.2) is 16.6 Å². The van der Waals surface area contributed by atoms with Gasteiger partial charge in [-0.05, 0) is 44.0 Å². The van der Waals surface area contributed by atoms with Crippen LogP contribution in [0.4, 0.5) is 0 Å². The second-order valence-electron chi connectivity index (χ2n) is 6.04. The summed E-state index contributed by atoms with van der Waals surface area (Å²) in [6.45, 7) is 5.04. The van der Waals surface area contributed by atoms with Crippen molar-refractivity contribution >= 4 is 28.3 Å². The lowest BCUT2D eigenvalue weighted by molar-refractivity contribution is 0.122. The van der Waals surface area contributed by atoms with E-state index in [0.717, 1.165) is 36.3 Å². The van der Waals surface area contributed by atoms with Crippen LogP contribution in [0.5, 0.6) is 5.75 Å². The Bertz CT molecular complexity index is 495. The highest BCUT2D eigenvalue weighted by molar-refractivity contribution is 9.10. The van der Waals surface area contributed by atoms with Crippen LogP contribution in [-0.4, -0.2) is 30.1 Å². The quantitative estimate of drug-likeness (QED) is 0.878. The number of rotatable bonds is 3. The molecule has 1 aromatic carbocycles. The Hall–Kier alpha value is -0.290. The smallest absolute Gasteiger partial charge is 0.127 e. The SMILES string of the molecule is CC(N)C1CCCCN1Cc1cc(Br)cc2c1OCC2.Cl. The maximum Gasteiger partial charge on any atom is 0.127 e. The summed E-state index contributed by atoms with van der Waals surface area (Å²) in [7, 11) is 0. The summed E-state index contributed by atoms with van der Waals surface area (Å²) in [6, 6.07) is 5.12. The molecule has 2 aliphatic heterocycles. The molecule has 0 bridgehead atoms. The molecule has 0 aliphatic carbocycles. The molecule has 0 saturated carbocycles. The van der Waals surface area contributed by atoms with Gasteiger partial charge in [-0.25, -0.2) is 0 Å². The Kier molecular flexibility index (Phi) is 5.95. The van der Waals surface area contributed by atoms with E-state index in [0.29, 0.717) is 6.04 Å². The summed E-state index contributed by atoms with van der Waals surface area (Å²) in [5.41, 5.74) is 8.81. The first-order valence-corrected chi connectivity index (χ1v) is 8.38. The number of halogens is 2. The molecule has 2 N–H and O–H groups in total. The van der Waals surface area contributed by atoms with E-state index in [2.05, 4.69) is 39.9 Å². The highest BCUT2D eigenvalue weighted by Crippen LogP contribution is 2.35. The summed E-state index contributed by atoms with van der Waals surface area (Å²) in [4.78, 5) is 2.54. The van der Waals surface area contributed by atoms with Gasteiger partial charge in [0, 0.05) is 35.1 Å². The van der Waals surface area contributed by atoms with Gasteiger partial charge in [-0.2, -0.15) is 0 Å². The molecule has 3 rings (SSSR count). The molecule has 2 aliphatic rings. The van der Waals surface area contributed by atoms with Crippen LogP contribution in [0.2, 0.25) is 0 Å². The van der Waals surface area contributed by atoms with Gasteiger partial charge in [0.2, 0.25) is 0 Å². The molecule has 2 heterocycles. The summed E-state index contributed by atoms with van der Waals surface area (Å²) in [5.74, 6) is 1.11. The minimum atomic E-state index is 0. The number of nitrogens with two attached hydrogens (primary N) is 1. The maximum atomic E-state index is 6.17. The second kappa shape index (κ2) is 7.32. The minimum absolute atomic E-state index is 0. The lowest BCUT2D eigenvalue weighted by Gasteiger charge is -2.38. The lowest BCUT2D eigenvalue weighted by Crippen LogP contribution is -2.48. The van der Waals surface area contributed by atoms with Gasteiger partial charge >= 0.3 is 0 Å². The molecular weight excluding hydrogens is 352 g/mol. The fourth-order valence-corrected chi connectivity index (χ4v) is 4.04. The molecule has 21 heavy (non-hydrogen) atoms. The number of hydrogen-bond acceptors (Lipinski definition) is 3. The van der Waals surface area contributed by atoms with Crippen LogP contribution in [0.1, 0.15) is 37.3 Å². The first kappa shape index (κ1) is 17.1. The predicted octanol–water partition coefficient (Wildman–Crippen LogP) is 3.51. The van der Waals surface area contributed by atoms with Crippen molar-refractivity contribution in [3.63, 3.8) is 0 Å². The number of likely N-dealkylation sites (tertiary alicyclic amines) is 1. The second-order valence-corrected chi connectivity index (χ2v) is 6.96. The van der Waals surface area contributed by atoms with Crippen molar-refractivity contribution in [3.05, 3.63) is 27.7 Å². The number of nitrogens with zero attached hydrogens (tertiary/aromatic N) is 1. The van der Waals surface area contributed by atoms with Gasteiger partial charge in [0.15, 0.2) is 0 Å². The van der Waals surface area contributed by atoms with Gasteiger partial charge in [0.1, 0.15) is 5.75 Å². The summed E-state index contributed by atoms with van der Waals surface area (Å²) in [5, 5.41) is 0. The van der Waals surface area contributed by atoms with Crippen LogP contribution in [-0.2, 0) is 13.0 Å². The largest absolute Gasteiger partial charge is 0.493 e. The predicted molar refractivity (Wildman–Crippen MR) is 92.3 cm³/mol. The number of benzene rings is 1. The molecule has 1 saturated heterocycles. The normalized spacial score (nSPS) is 23.1. The molecule has 118 valence electrons. The molecule has 3 nitrogen and oxygen atoms in total. The highest BCUT2D eigenvalue weighted by atomic mass is 79.9. The highest BCUT2D eigenvalue weighted by Gasteiger charge is 2.27. The number of hydrogen-bond donors (Lipinski definition) is 1. The van der Waals surface area contributed by atoms with Gasteiger partial charge in [-0.15, -0.1) is 12.4 Å². The zero-order valence-electron chi connectivity index (χ0n) is 12.5. The lowest BCUT2D eigenvalue weighted by atomic mass is 9.96. The molecule has 2 atom stereocenters. The van der Waals surface area contributed by atoms with E-state index >= 15 is 0 Å². The van der Waals surface area contributed by atoms with Crippen LogP contribution in [0, 0.1) is 0 Å². The summed E-state index contributed by atoms with van der Waals surface area (Å²) >= 11 is 3.63. The van der Waals surface area contributed by atoms with E-state index in [-0.39, 0.29) is 18.4 Å². The third-order valence-corrected chi connectivity index (χ3v) is 4.93. The van der Waals surface area contributed by atoms with E-state index in [1.54, 1.807) is 0 Å². The molecule has 2 unspecified atom stereocenters. The van der Waals surface area contributed by atoms with Gasteiger partial charge < -0.3 is 10.5 Å². The summed E-state index contributed by atoms with van der Waals surface area (Å²) < 4.78 is 7.00. The fourth-order valence-electron chi connectivity index (χ4n) is 3.49.